The van der Waals surface area contributed by atoms with E-state index in [1.807, 2.05) is 0 Å². The van der Waals surface area contributed by atoms with E-state index in [-0.39, 0.29) is 0 Å². The van der Waals surface area contributed by atoms with Gasteiger partial charge in [0, 0.05) is 19.3 Å². The molecule has 2 rings (SSSR count). The van der Waals surface area contributed by atoms with Gasteiger partial charge in [-0.15, -0.1) is 0 Å². The summed E-state index contributed by atoms with van der Waals surface area (Å²) in [5, 5.41) is 3.44. The summed E-state index contributed by atoms with van der Waals surface area (Å²) in [5.74, 6) is 0. The number of nitrogens with one attached hydrogen (secondary N) is 1. The lowest BCUT2D eigenvalue weighted by Gasteiger charge is -2.19. The van der Waals surface area contributed by atoms with Crippen LogP contribution in [0.15, 0.2) is 54.6 Å². The molecule has 0 aliphatic heterocycles. The molecule has 2 aromatic rings. The maximum Gasteiger partial charge on any atom is 0.0426 e. The molecule has 0 aromatic heterocycles. The number of hydrogen-bond donors (Lipinski definition) is 1. The largest absolute Gasteiger partial charge is 0.370 e. The van der Waals surface area contributed by atoms with Crippen LogP contribution >= 0.6 is 0 Å². The summed E-state index contributed by atoms with van der Waals surface area (Å²) in [7, 11) is 2.14. The van der Waals surface area contributed by atoms with Gasteiger partial charge in [0.25, 0.3) is 0 Å². The van der Waals surface area contributed by atoms with Crippen LogP contribution in [0.3, 0.4) is 0 Å². The van der Waals surface area contributed by atoms with E-state index in [0.29, 0.717) is 0 Å². The molecule has 0 fully saturated rings. The molecule has 0 bridgehead atoms. The second-order valence-corrected chi connectivity index (χ2v) is 5.51. The van der Waals surface area contributed by atoms with E-state index in [9.17, 15) is 0 Å². The van der Waals surface area contributed by atoms with Crippen molar-refractivity contribution in [2.24, 2.45) is 0 Å². The topological polar surface area (TPSA) is 15.3 Å². The SMILES string of the molecule is CCCNCCc1ccc(CN(C)c2ccccc2)cc1. The number of hydrogen-bond acceptors (Lipinski definition) is 2. The van der Waals surface area contributed by atoms with E-state index in [1.165, 1.54) is 23.2 Å². The summed E-state index contributed by atoms with van der Waals surface area (Å²) < 4.78 is 0. The van der Waals surface area contributed by atoms with Crippen molar-refractivity contribution in [2.45, 2.75) is 26.3 Å². The predicted octanol–water partition coefficient (Wildman–Crippen LogP) is 3.87. The molecule has 0 heterocycles. The van der Waals surface area contributed by atoms with Crippen LogP contribution in [0.4, 0.5) is 5.69 Å². The third-order valence-corrected chi connectivity index (χ3v) is 3.66. The second-order valence-electron chi connectivity index (χ2n) is 5.51. The van der Waals surface area contributed by atoms with E-state index in [2.05, 4.69) is 78.8 Å². The fourth-order valence-electron chi connectivity index (χ4n) is 2.39. The first-order valence-electron chi connectivity index (χ1n) is 7.84. The Morgan fingerprint density at radius 3 is 2.19 bits per heavy atom. The van der Waals surface area contributed by atoms with Gasteiger partial charge < -0.3 is 10.2 Å². The lowest BCUT2D eigenvalue weighted by Crippen LogP contribution is -2.18. The minimum absolute atomic E-state index is 0.943. The van der Waals surface area contributed by atoms with Crippen molar-refractivity contribution in [2.75, 3.05) is 25.0 Å². The molecule has 0 aliphatic rings. The number of anilines is 1. The summed E-state index contributed by atoms with van der Waals surface area (Å²) in [4.78, 5) is 2.28. The van der Waals surface area contributed by atoms with Crippen molar-refractivity contribution in [3.8, 4) is 0 Å². The fourth-order valence-corrected chi connectivity index (χ4v) is 2.39. The highest BCUT2D eigenvalue weighted by Crippen LogP contribution is 2.15. The van der Waals surface area contributed by atoms with Gasteiger partial charge in [-0.05, 0) is 49.2 Å². The molecule has 2 nitrogen and oxygen atoms in total. The number of para-hydroxylation sites is 1. The highest BCUT2D eigenvalue weighted by atomic mass is 15.1. The summed E-state index contributed by atoms with van der Waals surface area (Å²) >= 11 is 0. The molecule has 1 N–H and O–H groups in total. The summed E-state index contributed by atoms with van der Waals surface area (Å²) in [6.07, 6.45) is 2.31. The number of benzene rings is 2. The Labute approximate surface area is 128 Å². The van der Waals surface area contributed by atoms with Crippen LogP contribution < -0.4 is 10.2 Å². The van der Waals surface area contributed by atoms with Gasteiger partial charge in [-0.3, -0.25) is 0 Å². The first-order chi connectivity index (χ1) is 10.3. The predicted molar refractivity (Wildman–Crippen MR) is 91.9 cm³/mol. The lowest BCUT2D eigenvalue weighted by atomic mass is 10.1. The maximum atomic E-state index is 3.44. The Balaban J connectivity index is 1.84. The molecular formula is C19H26N2. The van der Waals surface area contributed by atoms with Crippen molar-refractivity contribution in [3.05, 3.63) is 65.7 Å². The van der Waals surface area contributed by atoms with Gasteiger partial charge in [0.15, 0.2) is 0 Å². The van der Waals surface area contributed by atoms with Crippen LogP contribution in [0.2, 0.25) is 0 Å². The normalized spacial score (nSPS) is 10.6. The van der Waals surface area contributed by atoms with Gasteiger partial charge >= 0.3 is 0 Å². The van der Waals surface area contributed by atoms with E-state index in [0.717, 1.165) is 26.1 Å². The first-order valence-corrected chi connectivity index (χ1v) is 7.84. The van der Waals surface area contributed by atoms with E-state index in [1.54, 1.807) is 0 Å². The average molecular weight is 282 g/mol. The Hall–Kier alpha value is -1.80. The Bertz CT molecular complexity index is 505. The van der Waals surface area contributed by atoms with Gasteiger partial charge in [-0.1, -0.05) is 49.4 Å². The number of rotatable bonds is 8. The molecule has 0 amide bonds. The van der Waals surface area contributed by atoms with Gasteiger partial charge in [0.2, 0.25) is 0 Å². The van der Waals surface area contributed by atoms with Crippen LogP contribution in [0.1, 0.15) is 24.5 Å². The number of nitrogens with zero attached hydrogens (tertiary/aromatic N) is 1. The monoisotopic (exact) mass is 282 g/mol. The molecule has 0 radical (unpaired) electrons. The molecule has 0 aliphatic carbocycles. The Morgan fingerprint density at radius 2 is 1.52 bits per heavy atom. The Kier molecular flexibility index (Phi) is 6.29. The van der Waals surface area contributed by atoms with Crippen LogP contribution in [-0.2, 0) is 13.0 Å². The van der Waals surface area contributed by atoms with Crippen LogP contribution in [-0.4, -0.2) is 20.1 Å². The molecule has 0 spiro atoms. The van der Waals surface area contributed by atoms with E-state index >= 15 is 0 Å². The summed E-state index contributed by atoms with van der Waals surface area (Å²) in [6, 6.07) is 19.5. The van der Waals surface area contributed by atoms with Crippen molar-refractivity contribution >= 4 is 5.69 Å². The molecule has 2 aromatic carbocycles. The molecular weight excluding hydrogens is 256 g/mol. The van der Waals surface area contributed by atoms with E-state index < -0.39 is 0 Å². The van der Waals surface area contributed by atoms with Crippen LogP contribution in [0.5, 0.6) is 0 Å². The lowest BCUT2D eigenvalue weighted by molar-refractivity contribution is 0.671. The fraction of sp³-hybridized carbons (Fsp3) is 0.368. The average Bonchev–Trinajstić information content (AvgIpc) is 2.54. The molecule has 0 saturated heterocycles. The van der Waals surface area contributed by atoms with Crippen molar-refractivity contribution in [1.82, 2.24) is 5.32 Å². The van der Waals surface area contributed by atoms with Gasteiger partial charge in [-0.25, -0.2) is 0 Å². The van der Waals surface area contributed by atoms with Gasteiger partial charge in [0.05, 0.1) is 0 Å². The minimum atomic E-state index is 0.943. The van der Waals surface area contributed by atoms with Crippen molar-refractivity contribution in [1.29, 1.82) is 0 Å². The zero-order chi connectivity index (χ0) is 14.9. The molecule has 21 heavy (non-hydrogen) atoms. The van der Waals surface area contributed by atoms with E-state index in [4.69, 9.17) is 0 Å². The first kappa shape index (κ1) is 15.6. The molecule has 2 heteroatoms. The summed E-state index contributed by atoms with van der Waals surface area (Å²) in [5.41, 5.74) is 4.02. The third kappa shape index (κ3) is 5.24. The summed E-state index contributed by atoms with van der Waals surface area (Å²) in [6.45, 7) is 5.32. The van der Waals surface area contributed by atoms with Crippen LogP contribution in [0, 0.1) is 0 Å². The quantitative estimate of drug-likeness (QED) is 0.740. The standard InChI is InChI=1S/C19H26N2/c1-3-14-20-15-13-17-9-11-18(12-10-17)16-21(2)19-7-5-4-6-8-19/h4-12,20H,3,13-16H2,1-2H3. The molecule has 0 atom stereocenters. The van der Waals surface area contributed by atoms with Gasteiger partial charge in [-0.2, -0.15) is 0 Å². The zero-order valence-electron chi connectivity index (χ0n) is 13.2. The Morgan fingerprint density at radius 1 is 0.857 bits per heavy atom. The smallest absolute Gasteiger partial charge is 0.0426 e. The minimum Gasteiger partial charge on any atom is -0.370 e. The van der Waals surface area contributed by atoms with Crippen molar-refractivity contribution in [3.63, 3.8) is 0 Å². The molecule has 0 unspecified atom stereocenters. The van der Waals surface area contributed by atoms with Crippen LogP contribution in [0.25, 0.3) is 0 Å². The highest BCUT2D eigenvalue weighted by Gasteiger charge is 2.01. The van der Waals surface area contributed by atoms with Crippen molar-refractivity contribution < 1.29 is 0 Å². The second kappa shape index (κ2) is 8.48. The molecule has 112 valence electrons. The maximum absolute atomic E-state index is 3.44. The zero-order valence-corrected chi connectivity index (χ0v) is 13.2. The highest BCUT2D eigenvalue weighted by molar-refractivity contribution is 5.45. The van der Waals surface area contributed by atoms with Gasteiger partial charge in [0.1, 0.15) is 0 Å². The third-order valence-electron chi connectivity index (χ3n) is 3.66. The molecule has 0 saturated carbocycles.